The van der Waals surface area contributed by atoms with E-state index in [0.29, 0.717) is 0 Å². The fraction of sp³-hybridized carbons (Fsp3) is 0.622. The van der Waals surface area contributed by atoms with E-state index in [1.165, 1.54) is 129 Å². The molecule has 1 heterocycles. The molecule has 0 bridgehead atoms. The van der Waals surface area contributed by atoms with Crippen LogP contribution in [0.15, 0.2) is 42.5 Å². The van der Waals surface area contributed by atoms with Gasteiger partial charge in [0, 0.05) is 0 Å². The van der Waals surface area contributed by atoms with E-state index >= 15 is 0 Å². The van der Waals surface area contributed by atoms with Crippen LogP contribution in [0.2, 0.25) is 0 Å². The number of nitrogens with zero attached hydrogens (tertiary/aromatic N) is 1. The maximum atomic E-state index is 9.05. The summed E-state index contributed by atoms with van der Waals surface area (Å²) in [6, 6.07) is 15.8. The van der Waals surface area contributed by atoms with Crippen molar-refractivity contribution in [1.82, 2.24) is 5.32 Å². The van der Waals surface area contributed by atoms with Gasteiger partial charge in [0.15, 0.2) is 0 Å². The second kappa shape index (κ2) is 13.4. The Balaban J connectivity index is 1.76. The summed E-state index contributed by atoms with van der Waals surface area (Å²) in [5.41, 5.74) is 6.37. The zero-order chi connectivity index (χ0) is 30.1. The Kier molecular flexibility index (Phi) is 10.1. The second-order valence-corrected chi connectivity index (χ2v) is 42.2. The molecule has 0 radical (unpaired) electrons. The molecule has 3 saturated carbocycles. The van der Waals surface area contributed by atoms with Crippen LogP contribution in [0.3, 0.4) is 0 Å². The molecule has 0 unspecified atom stereocenters. The molecule has 0 spiro atoms. The van der Waals surface area contributed by atoms with Crippen LogP contribution in [0.4, 0.5) is 5.69 Å². The van der Waals surface area contributed by atoms with E-state index in [4.69, 9.17) is 19.4 Å². The summed E-state index contributed by atoms with van der Waals surface area (Å²) in [7, 11) is 13.5. The van der Waals surface area contributed by atoms with Gasteiger partial charge in [-0.3, -0.25) is 0 Å². The van der Waals surface area contributed by atoms with Crippen LogP contribution in [-0.4, -0.2) is 39.0 Å². The summed E-state index contributed by atoms with van der Waals surface area (Å²) >= 11 is 0. The van der Waals surface area contributed by atoms with Crippen molar-refractivity contribution in [2.75, 3.05) is 18.0 Å². The molecule has 43 heavy (non-hydrogen) atoms. The van der Waals surface area contributed by atoms with E-state index in [1.807, 2.05) is 0 Å². The Hall–Kier alpha value is -0.427. The predicted octanol–water partition coefficient (Wildman–Crippen LogP) is 10.6. The summed E-state index contributed by atoms with van der Waals surface area (Å²) in [5.74, 6) is 0. The van der Waals surface area contributed by atoms with Crippen molar-refractivity contribution < 1.29 is 10.2 Å². The number of benzene rings is 2. The van der Waals surface area contributed by atoms with Crippen LogP contribution in [0.25, 0.3) is 0 Å². The average Bonchev–Trinajstić information content (AvgIpc) is 3.50. The van der Waals surface area contributed by atoms with Crippen molar-refractivity contribution in [2.24, 2.45) is 0 Å². The molecule has 0 amide bonds. The van der Waals surface area contributed by atoms with Crippen molar-refractivity contribution in [3.05, 3.63) is 64.7 Å². The van der Waals surface area contributed by atoms with Gasteiger partial charge in [0.05, 0.1) is 0 Å². The van der Waals surface area contributed by atoms with Gasteiger partial charge in [0.25, 0.3) is 0 Å². The van der Waals surface area contributed by atoms with Gasteiger partial charge < -0.3 is 0 Å². The van der Waals surface area contributed by atoms with Crippen molar-refractivity contribution in [2.45, 2.75) is 134 Å². The Labute approximate surface area is 270 Å². The Morgan fingerprint density at radius 2 is 1.19 bits per heavy atom. The zero-order valence-electron chi connectivity index (χ0n) is 26.9. The standard InChI is InChI=1S/C18H33P.C12H16N2.C7H6.2ClH.Ru/c1-4-10-16(11-5-1)19(17-12-6-2-7-13-17)18-14-8-3-9-15-18;1-9-6-10(2)12(11(3)7-9)14-5-4-13-8-14;1-7-5-3-2-4-6-7;;;/h16-18H,1-15H2;6-7,13H,4-5H2,1-3H3;1-6H;2*1H;/q;;;;;+1/p-1. The van der Waals surface area contributed by atoms with Crippen LogP contribution in [0.1, 0.15) is 119 Å². The molecule has 6 heteroatoms. The van der Waals surface area contributed by atoms with Gasteiger partial charge in [-0.15, -0.1) is 0 Å². The molecule has 1 N–H and O–H groups in total. The molecule has 6 rings (SSSR count). The number of halogens is 2. The third-order valence-electron chi connectivity index (χ3n) is 11.4. The van der Waals surface area contributed by atoms with Crippen LogP contribution in [-0.2, 0) is 10.2 Å². The minimum atomic E-state index is -4.56. The molecule has 4 fully saturated rings. The van der Waals surface area contributed by atoms with Crippen LogP contribution < -0.4 is 10.2 Å². The average molecular weight is 732 g/mol. The first kappa shape index (κ1) is 32.5. The third-order valence-corrected chi connectivity index (χ3v) is 48.5. The normalized spacial score (nSPS) is 23.2. The molecule has 4 aliphatic rings. The first-order valence-electron chi connectivity index (χ1n) is 17.4. The Morgan fingerprint density at radius 3 is 1.65 bits per heavy atom. The molecule has 2 nitrogen and oxygen atoms in total. The molecule has 1 aliphatic heterocycles. The summed E-state index contributed by atoms with van der Waals surface area (Å²) in [6.45, 7) is 8.68. The zero-order valence-corrected chi connectivity index (χ0v) is 31.2. The molecular formula is C37H56Cl2N2PRu. The fourth-order valence-corrected chi connectivity index (χ4v) is 56.9. The maximum absolute atomic E-state index is 9.05. The molecule has 1 saturated heterocycles. The molecule has 0 atom stereocenters. The van der Waals surface area contributed by atoms with Gasteiger partial charge >= 0.3 is 272 Å². The first-order valence-corrected chi connectivity index (χ1v) is 28.4. The number of hydrogen-bond donors (Lipinski definition) is 1. The number of hydrogen-bond acceptors (Lipinski definition) is 2. The first-order chi connectivity index (χ1) is 20.7. The monoisotopic (exact) mass is 731 g/mol. The number of nitrogens with one attached hydrogen (secondary N) is 1. The molecule has 3 aliphatic carbocycles. The van der Waals surface area contributed by atoms with Gasteiger partial charge in [0.2, 0.25) is 0 Å². The number of anilines is 1. The quantitative estimate of drug-likeness (QED) is 0.235. The molecule has 241 valence electrons. The summed E-state index contributed by atoms with van der Waals surface area (Å²) in [5, 5.41) is 4.06. The van der Waals surface area contributed by atoms with Crippen molar-refractivity contribution >= 4 is 39.6 Å². The Morgan fingerprint density at radius 1 is 0.721 bits per heavy atom. The molecule has 0 aromatic heterocycles. The van der Waals surface area contributed by atoms with Gasteiger partial charge in [0.1, 0.15) is 0 Å². The summed E-state index contributed by atoms with van der Waals surface area (Å²) in [6.07, 6.45) is 20.4. The number of aryl methyl sites for hydroxylation is 3. The summed E-state index contributed by atoms with van der Waals surface area (Å²) < 4.78 is 3.86. The third kappa shape index (κ3) is 5.84. The van der Waals surface area contributed by atoms with Gasteiger partial charge in [-0.1, -0.05) is 0 Å². The molecular weight excluding hydrogens is 675 g/mol. The van der Waals surface area contributed by atoms with Crippen molar-refractivity contribution in [3.63, 3.8) is 0 Å². The van der Waals surface area contributed by atoms with E-state index < -0.39 is 15.8 Å². The summed E-state index contributed by atoms with van der Waals surface area (Å²) in [4.78, 5) is 2.63. The SMILES string of the molecule is Cc1cc(C)c(N2CCN[C]2=[Ru]([Cl])([Cl])(=[CH]c2ccccc2)[PH](C2CCCCC2)(C2CCCCC2)C2CCCCC2)c(C)c1. The van der Waals surface area contributed by atoms with Gasteiger partial charge in [-0.2, -0.15) is 0 Å². The van der Waals surface area contributed by atoms with Crippen LogP contribution in [0, 0.1) is 20.8 Å². The van der Waals surface area contributed by atoms with E-state index in [2.05, 4.69) is 78.1 Å². The van der Waals surface area contributed by atoms with Crippen LogP contribution >= 0.6 is 25.0 Å². The molecule has 2 aromatic carbocycles. The number of rotatable bonds is 6. The van der Waals surface area contributed by atoms with E-state index in [-0.39, 0.29) is 0 Å². The van der Waals surface area contributed by atoms with E-state index in [0.717, 1.165) is 30.1 Å². The topological polar surface area (TPSA) is 15.3 Å². The van der Waals surface area contributed by atoms with Gasteiger partial charge in [-0.05, 0) is 0 Å². The Bertz CT molecular complexity index is 1360. The minimum absolute atomic E-state index is 0.727. The molecule has 2 aromatic rings. The van der Waals surface area contributed by atoms with Crippen LogP contribution in [0.5, 0.6) is 0 Å². The fourth-order valence-electron chi connectivity index (χ4n) is 9.97. The second-order valence-electron chi connectivity index (χ2n) is 14.2. The van der Waals surface area contributed by atoms with E-state index in [1.54, 1.807) is 0 Å². The predicted molar refractivity (Wildman–Crippen MR) is 193 cm³/mol. The van der Waals surface area contributed by atoms with Gasteiger partial charge in [-0.25, -0.2) is 0 Å². The van der Waals surface area contributed by atoms with Crippen molar-refractivity contribution in [3.8, 4) is 0 Å². The van der Waals surface area contributed by atoms with E-state index in [9.17, 15) is 0 Å². The van der Waals surface area contributed by atoms with Crippen molar-refractivity contribution in [1.29, 1.82) is 0 Å².